The van der Waals surface area contributed by atoms with Crippen LogP contribution in [0.1, 0.15) is 29.0 Å². The van der Waals surface area contributed by atoms with Gasteiger partial charge in [0.05, 0.1) is 13.2 Å². The highest BCUT2D eigenvalue weighted by molar-refractivity contribution is 9.10. The maximum absolute atomic E-state index is 12.5. The molecule has 146 valence electrons. The number of hydrogen-bond donors (Lipinski definition) is 1. The zero-order valence-corrected chi connectivity index (χ0v) is 17.0. The van der Waals surface area contributed by atoms with Gasteiger partial charge in [0.15, 0.2) is 5.76 Å². The van der Waals surface area contributed by atoms with Gasteiger partial charge in [-0.3, -0.25) is 4.79 Å². The number of halogens is 1. The smallest absolute Gasteiger partial charge is 0.288 e. The molecule has 28 heavy (non-hydrogen) atoms. The molecule has 1 saturated heterocycles. The van der Waals surface area contributed by atoms with E-state index in [4.69, 9.17) is 14.6 Å². The van der Waals surface area contributed by atoms with Gasteiger partial charge in [-0.2, -0.15) is 0 Å². The minimum atomic E-state index is -0.491. The van der Waals surface area contributed by atoms with E-state index in [0.717, 1.165) is 34.3 Å². The van der Waals surface area contributed by atoms with Gasteiger partial charge >= 0.3 is 0 Å². The van der Waals surface area contributed by atoms with E-state index < -0.39 is 6.29 Å². The van der Waals surface area contributed by atoms with E-state index in [1.54, 1.807) is 4.90 Å². The SMILES string of the molecule is O=C(C1=C[C@@H](c2ccc(Br)cc2)C[C@@H](OCc2ccc(CO)cc2)O1)N1CC1. The van der Waals surface area contributed by atoms with E-state index in [-0.39, 0.29) is 18.4 Å². The van der Waals surface area contributed by atoms with E-state index in [1.165, 1.54) is 0 Å². The molecule has 6 heteroatoms. The monoisotopic (exact) mass is 443 g/mol. The number of carbonyl (C=O) groups excluding carboxylic acids is 1. The third kappa shape index (κ3) is 4.63. The second kappa shape index (κ2) is 8.47. The standard InChI is InChI=1S/C22H22BrNO4/c23-19-7-5-17(6-8-19)18-11-20(22(26)24-9-10-24)28-21(12-18)27-14-16-3-1-15(13-25)2-4-16/h1-8,11,18,21,25H,9-10,12-14H2/t18-,21+/m1/s1. The molecule has 2 aromatic rings. The molecule has 2 heterocycles. The zero-order valence-electron chi connectivity index (χ0n) is 15.4. The van der Waals surface area contributed by atoms with Crippen molar-refractivity contribution in [3.63, 3.8) is 0 Å². The lowest BCUT2D eigenvalue weighted by Crippen LogP contribution is -2.29. The number of amides is 1. The first-order valence-electron chi connectivity index (χ1n) is 9.36. The summed E-state index contributed by atoms with van der Waals surface area (Å²) in [5.74, 6) is 0.363. The number of nitrogens with zero attached hydrogens (tertiary/aromatic N) is 1. The van der Waals surface area contributed by atoms with Gasteiger partial charge in [-0.15, -0.1) is 0 Å². The van der Waals surface area contributed by atoms with Gasteiger partial charge in [-0.25, -0.2) is 0 Å². The Kier molecular flexibility index (Phi) is 5.80. The quantitative estimate of drug-likeness (QED) is 0.691. The van der Waals surface area contributed by atoms with Gasteiger partial charge in [0, 0.05) is 29.9 Å². The minimum Gasteiger partial charge on any atom is -0.459 e. The second-order valence-corrected chi connectivity index (χ2v) is 7.97. The van der Waals surface area contributed by atoms with Crippen LogP contribution < -0.4 is 0 Å². The van der Waals surface area contributed by atoms with Crippen LogP contribution >= 0.6 is 15.9 Å². The molecule has 0 radical (unpaired) electrons. The first-order chi connectivity index (χ1) is 13.6. The summed E-state index contributed by atoms with van der Waals surface area (Å²) in [4.78, 5) is 14.3. The number of aliphatic hydroxyl groups excluding tert-OH is 1. The Morgan fingerprint density at radius 2 is 1.79 bits per heavy atom. The van der Waals surface area contributed by atoms with Crippen LogP contribution in [0.5, 0.6) is 0 Å². The molecule has 0 aliphatic carbocycles. The van der Waals surface area contributed by atoms with Crippen molar-refractivity contribution < 1.29 is 19.4 Å². The number of hydrogen-bond acceptors (Lipinski definition) is 4. The minimum absolute atomic E-state index is 0.0223. The lowest BCUT2D eigenvalue weighted by Gasteiger charge is -2.29. The predicted molar refractivity (Wildman–Crippen MR) is 108 cm³/mol. The van der Waals surface area contributed by atoms with E-state index in [0.29, 0.717) is 18.8 Å². The normalized spacial score (nSPS) is 21.1. The van der Waals surface area contributed by atoms with E-state index >= 15 is 0 Å². The van der Waals surface area contributed by atoms with E-state index in [1.807, 2.05) is 42.5 Å². The number of allylic oxidation sites excluding steroid dienone is 1. The summed E-state index contributed by atoms with van der Waals surface area (Å²) in [6.45, 7) is 1.97. The van der Waals surface area contributed by atoms with Gasteiger partial charge in [-0.1, -0.05) is 52.3 Å². The number of ether oxygens (including phenoxy) is 2. The van der Waals surface area contributed by atoms with Crippen molar-refractivity contribution in [3.05, 3.63) is 81.5 Å². The Morgan fingerprint density at radius 1 is 1.11 bits per heavy atom. The molecule has 1 amide bonds. The molecule has 5 nitrogen and oxygen atoms in total. The molecule has 0 spiro atoms. The first-order valence-corrected chi connectivity index (χ1v) is 10.1. The highest BCUT2D eigenvalue weighted by atomic mass is 79.9. The third-order valence-electron chi connectivity index (χ3n) is 4.94. The molecule has 2 aliphatic rings. The van der Waals surface area contributed by atoms with Gasteiger partial charge in [0.25, 0.3) is 5.91 Å². The topological polar surface area (TPSA) is 58.8 Å². The highest BCUT2D eigenvalue weighted by Gasteiger charge is 2.34. The third-order valence-corrected chi connectivity index (χ3v) is 5.47. The maximum atomic E-state index is 12.5. The molecule has 2 aromatic carbocycles. The fraction of sp³-hybridized carbons (Fsp3) is 0.318. The average Bonchev–Trinajstić information content (AvgIpc) is 3.58. The van der Waals surface area contributed by atoms with Crippen molar-refractivity contribution >= 4 is 21.8 Å². The molecule has 2 atom stereocenters. The summed E-state index contributed by atoms with van der Waals surface area (Å²) in [7, 11) is 0. The van der Waals surface area contributed by atoms with Crippen LogP contribution in [0, 0.1) is 0 Å². The Balaban J connectivity index is 1.48. The lowest BCUT2D eigenvalue weighted by atomic mass is 9.93. The average molecular weight is 444 g/mol. The van der Waals surface area contributed by atoms with Crippen LogP contribution in [0.2, 0.25) is 0 Å². The Hall–Kier alpha value is -2.15. The molecule has 1 N–H and O–H groups in total. The maximum Gasteiger partial charge on any atom is 0.288 e. The molecular formula is C22H22BrNO4. The number of aliphatic hydroxyl groups is 1. The van der Waals surface area contributed by atoms with Gasteiger partial charge in [0.1, 0.15) is 0 Å². The van der Waals surface area contributed by atoms with Gasteiger partial charge in [0.2, 0.25) is 6.29 Å². The molecular weight excluding hydrogens is 422 g/mol. The fourth-order valence-electron chi connectivity index (χ4n) is 3.19. The second-order valence-electron chi connectivity index (χ2n) is 7.05. The molecule has 1 fully saturated rings. The zero-order chi connectivity index (χ0) is 19.5. The predicted octanol–water partition coefficient (Wildman–Crippen LogP) is 3.71. The number of rotatable bonds is 6. The van der Waals surface area contributed by atoms with Crippen molar-refractivity contribution in [2.75, 3.05) is 13.1 Å². The van der Waals surface area contributed by atoms with Crippen LogP contribution in [0.15, 0.2) is 64.8 Å². The van der Waals surface area contributed by atoms with Crippen LogP contribution in [-0.2, 0) is 27.5 Å². The summed E-state index contributed by atoms with van der Waals surface area (Å²) >= 11 is 3.46. The van der Waals surface area contributed by atoms with Gasteiger partial charge < -0.3 is 19.5 Å². The Bertz CT molecular complexity index is 859. The molecule has 0 bridgehead atoms. The molecule has 0 unspecified atom stereocenters. The Morgan fingerprint density at radius 3 is 2.43 bits per heavy atom. The summed E-state index contributed by atoms with van der Waals surface area (Å²) in [6.07, 6.45) is 2.07. The van der Waals surface area contributed by atoms with Crippen LogP contribution in [-0.4, -0.2) is 35.3 Å². The first kappa shape index (κ1) is 19.2. The molecule has 0 aromatic heterocycles. The summed E-state index contributed by atoms with van der Waals surface area (Å²) in [5.41, 5.74) is 2.99. The van der Waals surface area contributed by atoms with Crippen molar-refractivity contribution in [2.24, 2.45) is 0 Å². The summed E-state index contributed by atoms with van der Waals surface area (Å²) < 4.78 is 12.9. The van der Waals surface area contributed by atoms with Crippen LogP contribution in [0.4, 0.5) is 0 Å². The van der Waals surface area contributed by atoms with E-state index in [9.17, 15) is 4.79 Å². The lowest BCUT2D eigenvalue weighted by molar-refractivity contribution is -0.152. The van der Waals surface area contributed by atoms with Gasteiger partial charge in [-0.05, 0) is 34.9 Å². The molecule has 4 rings (SSSR count). The largest absolute Gasteiger partial charge is 0.459 e. The number of benzene rings is 2. The van der Waals surface area contributed by atoms with E-state index in [2.05, 4.69) is 28.1 Å². The highest BCUT2D eigenvalue weighted by Crippen LogP contribution is 2.33. The number of carbonyl (C=O) groups is 1. The van der Waals surface area contributed by atoms with Crippen LogP contribution in [0.25, 0.3) is 0 Å². The molecule has 0 saturated carbocycles. The Labute approximate surface area is 172 Å². The van der Waals surface area contributed by atoms with Crippen molar-refractivity contribution in [1.29, 1.82) is 0 Å². The molecule has 2 aliphatic heterocycles. The summed E-state index contributed by atoms with van der Waals surface area (Å²) in [5, 5.41) is 9.15. The van der Waals surface area contributed by atoms with Crippen molar-refractivity contribution in [2.45, 2.75) is 31.8 Å². The van der Waals surface area contributed by atoms with Crippen molar-refractivity contribution in [3.8, 4) is 0 Å². The summed E-state index contributed by atoms with van der Waals surface area (Å²) in [6, 6.07) is 15.7. The van der Waals surface area contributed by atoms with Crippen molar-refractivity contribution in [1.82, 2.24) is 4.90 Å². The van der Waals surface area contributed by atoms with Crippen LogP contribution in [0.3, 0.4) is 0 Å². The fourth-order valence-corrected chi connectivity index (χ4v) is 3.46.